The lowest BCUT2D eigenvalue weighted by Gasteiger charge is -2.03. The summed E-state index contributed by atoms with van der Waals surface area (Å²) in [6.45, 7) is 0.212. The molecule has 0 saturated heterocycles. The number of rotatable bonds is 9. The zero-order valence-corrected chi connectivity index (χ0v) is 10.3. The number of unbranched alkanes of at least 4 members (excludes halogenated alkanes) is 2. The number of alkyl halides is 1. The van der Waals surface area contributed by atoms with Crippen molar-refractivity contribution < 1.29 is 19.4 Å². The van der Waals surface area contributed by atoms with Crippen LogP contribution in [-0.4, -0.2) is 29.0 Å². The lowest BCUT2D eigenvalue weighted by molar-refractivity contribution is -0.145. The van der Waals surface area contributed by atoms with E-state index in [1.165, 1.54) is 0 Å². The molecule has 0 aromatic heterocycles. The molecule has 0 aliphatic rings. The molecule has 5 heteroatoms. The second-order valence-corrected chi connectivity index (χ2v) is 4.01. The van der Waals surface area contributed by atoms with Gasteiger partial charge in [-0.1, -0.05) is 22.4 Å². The van der Waals surface area contributed by atoms with E-state index >= 15 is 0 Å². The molecule has 0 atom stereocenters. The van der Waals surface area contributed by atoms with Gasteiger partial charge in [0.1, 0.15) is 0 Å². The Bertz CT molecular complexity index is 194. The Balaban J connectivity index is 3.22. The van der Waals surface area contributed by atoms with Gasteiger partial charge in [-0.2, -0.15) is 0 Å². The maximum atomic E-state index is 11.1. The number of carboxylic acid groups (broad SMARTS) is 1. The summed E-state index contributed by atoms with van der Waals surface area (Å²) in [6, 6.07) is 0. The van der Waals surface area contributed by atoms with Crippen molar-refractivity contribution in [1.29, 1.82) is 0 Å². The van der Waals surface area contributed by atoms with E-state index in [9.17, 15) is 9.59 Å². The molecule has 0 saturated carbocycles. The molecule has 0 fully saturated rings. The first-order chi connectivity index (χ1) is 7.16. The molecular formula is C10H17BrO4. The fraction of sp³-hybridized carbons (Fsp3) is 0.800. The summed E-state index contributed by atoms with van der Waals surface area (Å²) in [6.07, 6.45) is 3.78. The van der Waals surface area contributed by atoms with Crippen molar-refractivity contribution in [3.05, 3.63) is 0 Å². The van der Waals surface area contributed by atoms with Crippen LogP contribution in [0.3, 0.4) is 0 Å². The first kappa shape index (κ1) is 14.4. The summed E-state index contributed by atoms with van der Waals surface area (Å²) in [5.41, 5.74) is 0. The number of ether oxygens (including phenoxy) is 1. The molecule has 0 aliphatic carbocycles. The Labute approximate surface area is 98.1 Å². The predicted octanol–water partition coefficient (Wildman–Crippen LogP) is 2.35. The summed E-state index contributed by atoms with van der Waals surface area (Å²) in [5, 5.41) is 9.29. The molecule has 15 heavy (non-hydrogen) atoms. The monoisotopic (exact) mass is 280 g/mol. The minimum atomic E-state index is -0.858. The largest absolute Gasteiger partial charge is 0.481 e. The number of carbonyl (C=O) groups excluding carboxylic acids is 1. The lowest BCUT2D eigenvalue weighted by Crippen LogP contribution is -2.07. The van der Waals surface area contributed by atoms with Gasteiger partial charge in [-0.05, 0) is 19.3 Å². The Morgan fingerprint density at radius 2 is 1.80 bits per heavy atom. The van der Waals surface area contributed by atoms with E-state index in [4.69, 9.17) is 9.84 Å². The van der Waals surface area contributed by atoms with Gasteiger partial charge in [0.05, 0.1) is 6.61 Å². The number of carboxylic acids is 1. The number of hydrogen-bond acceptors (Lipinski definition) is 3. The maximum absolute atomic E-state index is 11.1. The molecule has 0 bridgehead atoms. The average molecular weight is 281 g/mol. The van der Waals surface area contributed by atoms with Crippen LogP contribution in [-0.2, 0) is 14.3 Å². The van der Waals surface area contributed by atoms with Gasteiger partial charge in [0.25, 0.3) is 0 Å². The SMILES string of the molecule is O=C(O)CCCOC(=O)CCCCCBr. The summed E-state index contributed by atoms with van der Waals surface area (Å²) in [7, 11) is 0. The second kappa shape index (κ2) is 9.96. The molecule has 0 rings (SSSR count). The summed E-state index contributed by atoms with van der Waals surface area (Å²) in [5.74, 6) is -1.08. The number of aliphatic carboxylic acids is 1. The van der Waals surface area contributed by atoms with E-state index in [0.29, 0.717) is 12.8 Å². The molecular weight excluding hydrogens is 264 g/mol. The smallest absolute Gasteiger partial charge is 0.305 e. The van der Waals surface area contributed by atoms with Gasteiger partial charge in [-0.15, -0.1) is 0 Å². The van der Waals surface area contributed by atoms with Crippen LogP contribution >= 0.6 is 15.9 Å². The summed E-state index contributed by atoms with van der Waals surface area (Å²) < 4.78 is 4.86. The predicted molar refractivity (Wildman–Crippen MR) is 60.1 cm³/mol. The lowest BCUT2D eigenvalue weighted by atomic mass is 10.2. The van der Waals surface area contributed by atoms with Crippen LogP contribution < -0.4 is 0 Å². The Morgan fingerprint density at radius 1 is 1.07 bits per heavy atom. The fourth-order valence-electron chi connectivity index (χ4n) is 1.02. The third-order valence-corrected chi connectivity index (χ3v) is 2.37. The maximum Gasteiger partial charge on any atom is 0.305 e. The molecule has 1 N–H and O–H groups in total. The molecule has 0 radical (unpaired) electrons. The molecule has 4 nitrogen and oxygen atoms in total. The van der Waals surface area contributed by atoms with Gasteiger partial charge in [0.15, 0.2) is 0 Å². The van der Waals surface area contributed by atoms with Crippen molar-refractivity contribution in [2.75, 3.05) is 11.9 Å². The standard InChI is InChI=1S/C10H17BrO4/c11-7-3-1-2-6-10(14)15-8-4-5-9(12)13/h1-8H2,(H,12,13). The van der Waals surface area contributed by atoms with Crippen LogP contribution in [0.4, 0.5) is 0 Å². The Hall–Kier alpha value is -0.580. The highest BCUT2D eigenvalue weighted by atomic mass is 79.9. The molecule has 0 aromatic carbocycles. The van der Waals surface area contributed by atoms with E-state index in [2.05, 4.69) is 15.9 Å². The van der Waals surface area contributed by atoms with Gasteiger partial charge in [-0.25, -0.2) is 0 Å². The highest BCUT2D eigenvalue weighted by molar-refractivity contribution is 9.09. The molecule has 0 aromatic rings. The Kier molecular flexibility index (Phi) is 9.57. The molecule has 0 heterocycles. The third-order valence-electron chi connectivity index (χ3n) is 1.81. The van der Waals surface area contributed by atoms with Crippen molar-refractivity contribution in [3.63, 3.8) is 0 Å². The number of esters is 1. The fourth-order valence-corrected chi connectivity index (χ4v) is 1.42. The average Bonchev–Trinajstić information content (AvgIpc) is 2.19. The van der Waals surface area contributed by atoms with E-state index in [1.54, 1.807) is 0 Å². The minimum Gasteiger partial charge on any atom is -0.481 e. The van der Waals surface area contributed by atoms with E-state index in [0.717, 1.165) is 24.6 Å². The first-order valence-corrected chi connectivity index (χ1v) is 6.22. The van der Waals surface area contributed by atoms with Gasteiger partial charge >= 0.3 is 11.9 Å². The van der Waals surface area contributed by atoms with Gasteiger partial charge in [0.2, 0.25) is 0 Å². The minimum absolute atomic E-state index is 0.0524. The first-order valence-electron chi connectivity index (χ1n) is 5.10. The van der Waals surface area contributed by atoms with Crippen LogP contribution in [0.15, 0.2) is 0 Å². The summed E-state index contributed by atoms with van der Waals surface area (Å²) in [4.78, 5) is 21.2. The van der Waals surface area contributed by atoms with E-state index < -0.39 is 5.97 Å². The normalized spacial score (nSPS) is 9.93. The molecule has 0 aliphatic heterocycles. The van der Waals surface area contributed by atoms with Gasteiger partial charge in [0, 0.05) is 18.2 Å². The van der Waals surface area contributed by atoms with Crippen molar-refractivity contribution >= 4 is 27.9 Å². The summed E-state index contributed by atoms with van der Waals surface area (Å²) >= 11 is 3.31. The van der Waals surface area contributed by atoms with Crippen LogP contribution in [0.5, 0.6) is 0 Å². The zero-order chi connectivity index (χ0) is 11.5. The molecule has 0 amide bonds. The Morgan fingerprint density at radius 3 is 2.40 bits per heavy atom. The van der Waals surface area contributed by atoms with Crippen LogP contribution in [0.1, 0.15) is 38.5 Å². The quantitative estimate of drug-likeness (QED) is 0.400. The van der Waals surface area contributed by atoms with Crippen molar-refractivity contribution in [2.45, 2.75) is 38.5 Å². The number of hydrogen-bond donors (Lipinski definition) is 1. The van der Waals surface area contributed by atoms with Gasteiger partial charge < -0.3 is 9.84 Å². The van der Waals surface area contributed by atoms with E-state index in [1.807, 2.05) is 0 Å². The molecule has 88 valence electrons. The van der Waals surface area contributed by atoms with Crippen molar-refractivity contribution in [2.24, 2.45) is 0 Å². The second-order valence-electron chi connectivity index (χ2n) is 3.22. The zero-order valence-electron chi connectivity index (χ0n) is 8.71. The van der Waals surface area contributed by atoms with Crippen LogP contribution in [0.25, 0.3) is 0 Å². The van der Waals surface area contributed by atoms with E-state index in [-0.39, 0.29) is 19.0 Å². The highest BCUT2D eigenvalue weighted by Gasteiger charge is 2.03. The van der Waals surface area contributed by atoms with Crippen molar-refractivity contribution in [1.82, 2.24) is 0 Å². The van der Waals surface area contributed by atoms with Crippen LogP contribution in [0, 0.1) is 0 Å². The number of halogens is 1. The van der Waals surface area contributed by atoms with Crippen molar-refractivity contribution in [3.8, 4) is 0 Å². The highest BCUT2D eigenvalue weighted by Crippen LogP contribution is 2.03. The topological polar surface area (TPSA) is 63.6 Å². The third kappa shape index (κ3) is 11.3. The molecule has 0 unspecified atom stereocenters. The molecule has 0 spiro atoms. The van der Waals surface area contributed by atoms with Crippen LogP contribution in [0.2, 0.25) is 0 Å². The van der Waals surface area contributed by atoms with Gasteiger partial charge in [-0.3, -0.25) is 9.59 Å². The number of carbonyl (C=O) groups is 2.